The average Bonchev–Trinajstić information content (AvgIpc) is 2.74. The molecule has 1 aromatic rings. The third-order valence-corrected chi connectivity index (χ3v) is 3.60. The second-order valence-corrected chi connectivity index (χ2v) is 5.94. The molecule has 0 spiro atoms. The Morgan fingerprint density at radius 1 is 1.25 bits per heavy atom. The highest BCUT2D eigenvalue weighted by molar-refractivity contribution is 7.07. The molecule has 0 radical (unpaired) electrons. The van der Waals surface area contributed by atoms with E-state index < -0.39 is 0 Å². The van der Waals surface area contributed by atoms with Gasteiger partial charge in [0.2, 0.25) is 0 Å². The van der Waals surface area contributed by atoms with Crippen LogP contribution in [0.15, 0.2) is 16.8 Å². The zero-order chi connectivity index (χ0) is 11.8. The van der Waals surface area contributed by atoms with Crippen molar-refractivity contribution in [3.63, 3.8) is 0 Å². The van der Waals surface area contributed by atoms with Crippen LogP contribution in [0.5, 0.6) is 0 Å². The third-order valence-electron chi connectivity index (χ3n) is 2.87. The normalized spacial score (nSPS) is 13.2. The van der Waals surface area contributed by atoms with E-state index in [-0.39, 0.29) is 0 Å². The van der Waals surface area contributed by atoms with Crippen LogP contribution in [-0.2, 0) is 6.42 Å². The summed E-state index contributed by atoms with van der Waals surface area (Å²) in [6.07, 6.45) is 3.87. The van der Waals surface area contributed by atoms with Crippen LogP contribution in [0.25, 0.3) is 0 Å². The molecule has 16 heavy (non-hydrogen) atoms. The van der Waals surface area contributed by atoms with Crippen molar-refractivity contribution < 1.29 is 0 Å². The molecule has 1 heterocycles. The van der Waals surface area contributed by atoms with Crippen LogP contribution in [-0.4, -0.2) is 13.1 Å². The molecule has 92 valence electrons. The molecule has 1 nitrogen and oxygen atoms in total. The third kappa shape index (κ3) is 6.29. The van der Waals surface area contributed by atoms with Crippen LogP contribution >= 0.6 is 11.3 Å². The standard InChI is InChI=1S/C14H25NS/c1-12(2)10-15-8-6-13(3)4-5-14-7-9-16-11-14/h7,9,11-13,15H,4-6,8,10H2,1-3H3. The maximum absolute atomic E-state index is 3.51. The van der Waals surface area contributed by atoms with Crippen molar-refractivity contribution >= 4 is 11.3 Å². The van der Waals surface area contributed by atoms with E-state index in [1.165, 1.54) is 31.4 Å². The van der Waals surface area contributed by atoms with E-state index in [9.17, 15) is 0 Å². The minimum Gasteiger partial charge on any atom is -0.316 e. The van der Waals surface area contributed by atoms with Gasteiger partial charge in [0.15, 0.2) is 0 Å². The predicted octanol–water partition coefficient (Wildman–Crippen LogP) is 3.95. The van der Waals surface area contributed by atoms with Gasteiger partial charge in [-0.25, -0.2) is 0 Å². The van der Waals surface area contributed by atoms with Gasteiger partial charge in [-0.3, -0.25) is 0 Å². The van der Waals surface area contributed by atoms with Gasteiger partial charge >= 0.3 is 0 Å². The van der Waals surface area contributed by atoms with E-state index in [1.807, 2.05) is 0 Å². The minimum absolute atomic E-state index is 0.765. The van der Waals surface area contributed by atoms with Gasteiger partial charge in [-0.1, -0.05) is 20.8 Å². The van der Waals surface area contributed by atoms with Crippen molar-refractivity contribution in [1.82, 2.24) is 5.32 Å². The first kappa shape index (κ1) is 13.7. The van der Waals surface area contributed by atoms with Gasteiger partial charge in [0.25, 0.3) is 0 Å². The van der Waals surface area contributed by atoms with Crippen LogP contribution in [0.3, 0.4) is 0 Å². The number of rotatable bonds is 8. The van der Waals surface area contributed by atoms with Crippen molar-refractivity contribution in [2.24, 2.45) is 11.8 Å². The van der Waals surface area contributed by atoms with Crippen LogP contribution in [0.2, 0.25) is 0 Å². The molecule has 0 saturated heterocycles. The average molecular weight is 239 g/mol. The number of hydrogen-bond acceptors (Lipinski definition) is 2. The Balaban J connectivity index is 2.00. The van der Waals surface area contributed by atoms with E-state index in [1.54, 1.807) is 11.3 Å². The maximum Gasteiger partial charge on any atom is -0.00258 e. The molecule has 1 rings (SSSR count). The van der Waals surface area contributed by atoms with Crippen molar-refractivity contribution in [1.29, 1.82) is 0 Å². The van der Waals surface area contributed by atoms with E-state index in [2.05, 4.69) is 42.9 Å². The summed E-state index contributed by atoms with van der Waals surface area (Å²) >= 11 is 1.80. The fourth-order valence-electron chi connectivity index (χ4n) is 1.73. The van der Waals surface area contributed by atoms with Gasteiger partial charge in [-0.2, -0.15) is 11.3 Å². The van der Waals surface area contributed by atoms with Crippen molar-refractivity contribution in [2.45, 2.75) is 40.0 Å². The van der Waals surface area contributed by atoms with Crippen molar-refractivity contribution in [3.8, 4) is 0 Å². The fourth-order valence-corrected chi connectivity index (χ4v) is 2.43. The Morgan fingerprint density at radius 3 is 2.69 bits per heavy atom. The Hall–Kier alpha value is -0.340. The summed E-state index contributed by atoms with van der Waals surface area (Å²) in [5.74, 6) is 1.60. The molecule has 0 aromatic carbocycles. The minimum atomic E-state index is 0.765. The fraction of sp³-hybridized carbons (Fsp3) is 0.714. The highest BCUT2D eigenvalue weighted by atomic mass is 32.1. The number of nitrogens with one attached hydrogen (secondary N) is 1. The highest BCUT2D eigenvalue weighted by Crippen LogP contribution is 2.14. The number of hydrogen-bond donors (Lipinski definition) is 1. The van der Waals surface area contributed by atoms with Gasteiger partial charge in [-0.05, 0) is 66.6 Å². The molecule has 0 fully saturated rings. The second-order valence-electron chi connectivity index (χ2n) is 5.16. The molecule has 1 aromatic heterocycles. The molecular weight excluding hydrogens is 214 g/mol. The van der Waals surface area contributed by atoms with Crippen LogP contribution in [0, 0.1) is 11.8 Å². The Labute approximate surface area is 104 Å². The predicted molar refractivity (Wildman–Crippen MR) is 74.1 cm³/mol. The largest absolute Gasteiger partial charge is 0.316 e. The van der Waals surface area contributed by atoms with Crippen LogP contribution in [0.1, 0.15) is 39.2 Å². The molecule has 0 amide bonds. The van der Waals surface area contributed by atoms with Crippen molar-refractivity contribution in [2.75, 3.05) is 13.1 Å². The lowest BCUT2D eigenvalue weighted by Gasteiger charge is -2.12. The zero-order valence-electron chi connectivity index (χ0n) is 10.8. The molecule has 0 aliphatic heterocycles. The first-order valence-corrected chi connectivity index (χ1v) is 7.34. The summed E-state index contributed by atoms with van der Waals surface area (Å²) in [6, 6.07) is 2.24. The van der Waals surface area contributed by atoms with Gasteiger partial charge < -0.3 is 5.32 Å². The van der Waals surface area contributed by atoms with Crippen molar-refractivity contribution in [3.05, 3.63) is 22.4 Å². The maximum atomic E-state index is 3.51. The molecular formula is C14H25NS. The lowest BCUT2D eigenvalue weighted by molar-refractivity contribution is 0.454. The molecule has 0 saturated carbocycles. The van der Waals surface area contributed by atoms with Gasteiger partial charge in [0.1, 0.15) is 0 Å². The SMILES string of the molecule is CC(C)CNCCC(C)CCc1ccsc1. The van der Waals surface area contributed by atoms with Gasteiger partial charge in [0.05, 0.1) is 0 Å². The zero-order valence-corrected chi connectivity index (χ0v) is 11.6. The molecule has 0 aliphatic carbocycles. The monoisotopic (exact) mass is 239 g/mol. The number of thiophene rings is 1. The van der Waals surface area contributed by atoms with E-state index in [0.717, 1.165) is 18.4 Å². The van der Waals surface area contributed by atoms with E-state index in [4.69, 9.17) is 0 Å². The summed E-state index contributed by atoms with van der Waals surface area (Å²) < 4.78 is 0. The Kier molecular flexibility index (Phi) is 6.74. The highest BCUT2D eigenvalue weighted by Gasteiger charge is 2.03. The Bertz CT molecular complexity index is 254. The smallest absolute Gasteiger partial charge is 0.00258 e. The molecule has 2 heteroatoms. The molecule has 1 N–H and O–H groups in total. The lowest BCUT2D eigenvalue weighted by atomic mass is 9.99. The molecule has 0 bridgehead atoms. The van der Waals surface area contributed by atoms with E-state index in [0.29, 0.717) is 0 Å². The molecule has 1 atom stereocenters. The molecule has 1 unspecified atom stereocenters. The number of aryl methyl sites for hydroxylation is 1. The molecule has 0 aliphatic rings. The summed E-state index contributed by atoms with van der Waals surface area (Å²) in [6.45, 7) is 9.20. The van der Waals surface area contributed by atoms with Gasteiger partial charge in [-0.15, -0.1) is 0 Å². The topological polar surface area (TPSA) is 12.0 Å². The Morgan fingerprint density at radius 2 is 2.06 bits per heavy atom. The van der Waals surface area contributed by atoms with Crippen LogP contribution < -0.4 is 5.32 Å². The summed E-state index contributed by atoms with van der Waals surface area (Å²) in [4.78, 5) is 0. The quantitative estimate of drug-likeness (QED) is 0.677. The first-order chi connectivity index (χ1) is 7.68. The summed E-state index contributed by atoms with van der Waals surface area (Å²) in [5, 5.41) is 7.95. The lowest BCUT2D eigenvalue weighted by Crippen LogP contribution is -2.22. The van der Waals surface area contributed by atoms with Gasteiger partial charge in [0, 0.05) is 0 Å². The van der Waals surface area contributed by atoms with E-state index >= 15 is 0 Å². The first-order valence-electron chi connectivity index (χ1n) is 6.40. The second kappa shape index (κ2) is 7.86. The summed E-state index contributed by atoms with van der Waals surface area (Å²) in [5.41, 5.74) is 1.51. The van der Waals surface area contributed by atoms with Crippen LogP contribution in [0.4, 0.5) is 0 Å². The summed E-state index contributed by atoms with van der Waals surface area (Å²) in [7, 11) is 0.